The molecule has 1 aromatic heterocycles. The van der Waals surface area contributed by atoms with Crippen LogP contribution in [0, 0.1) is 0 Å². The SMILES string of the molecule is O=C(O)c1ccc(N2C(=O)/C(=C\c3ccc(-c4ccc5c(c4)OCO5)o3)SC2=S)cc1. The third-order valence-corrected chi connectivity index (χ3v) is 6.03. The van der Waals surface area contributed by atoms with Gasteiger partial charge in [0.1, 0.15) is 11.5 Å². The van der Waals surface area contributed by atoms with Gasteiger partial charge in [0, 0.05) is 11.6 Å². The van der Waals surface area contributed by atoms with E-state index in [-0.39, 0.29) is 18.3 Å². The van der Waals surface area contributed by atoms with Gasteiger partial charge in [-0.1, -0.05) is 24.0 Å². The van der Waals surface area contributed by atoms with Crippen LogP contribution in [-0.2, 0) is 4.79 Å². The molecule has 31 heavy (non-hydrogen) atoms. The van der Waals surface area contributed by atoms with Gasteiger partial charge in [0.25, 0.3) is 5.91 Å². The molecule has 5 rings (SSSR count). The highest BCUT2D eigenvalue weighted by Gasteiger charge is 2.33. The average molecular weight is 451 g/mol. The van der Waals surface area contributed by atoms with Crippen molar-refractivity contribution in [1.82, 2.24) is 0 Å². The molecule has 1 saturated heterocycles. The molecule has 0 aliphatic carbocycles. The molecule has 0 bridgehead atoms. The minimum Gasteiger partial charge on any atom is -0.478 e. The predicted molar refractivity (Wildman–Crippen MR) is 119 cm³/mol. The van der Waals surface area contributed by atoms with Crippen LogP contribution in [0.25, 0.3) is 17.4 Å². The number of carbonyl (C=O) groups excluding carboxylic acids is 1. The second kappa shape index (κ2) is 7.60. The largest absolute Gasteiger partial charge is 0.478 e. The Balaban J connectivity index is 1.38. The van der Waals surface area contributed by atoms with Crippen molar-refractivity contribution in [2.24, 2.45) is 0 Å². The van der Waals surface area contributed by atoms with Crippen molar-refractivity contribution in [3.63, 3.8) is 0 Å². The monoisotopic (exact) mass is 451 g/mol. The molecule has 3 heterocycles. The molecule has 154 valence electrons. The Bertz CT molecular complexity index is 1260. The van der Waals surface area contributed by atoms with Crippen molar-refractivity contribution in [2.45, 2.75) is 0 Å². The first-order valence-corrected chi connectivity index (χ1v) is 10.3. The molecule has 0 saturated carbocycles. The Morgan fingerprint density at radius 1 is 1.06 bits per heavy atom. The molecule has 0 spiro atoms. The molecule has 0 radical (unpaired) electrons. The number of fused-ring (bicyclic) bond motifs is 1. The predicted octanol–water partition coefficient (Wildman–Crippen LogP) is 4.78. The van der Waals surface area contributed by atoms with Gasteiger partial charge >= 0.3 is 5.97 Å². The fourth-order valence-corrected chi connectivity index (χ4v) is 4.49. The maximum atomic E-state index is 12.9. The van der Waals surface area contributed by atoms with E-state index in [0.717, 1.165) is 17.3 Å². The van der Waals surface area contributed by atoms with Gasteiger partial charge in [-0.25, -0.2) is 4.79 Å². The second-order valence-corrected chi connectivity index (χ2v) is 8.31. The Morgan fingerprint density at radius 2 is 1.84 bits per heavy atom. The normalized spacial score (nSPS) is 16.4. The van der Waals surface area contributed by atoms with Crippen molar-refractivity contribution < 1.29 is 28.6 Å². The lowest BCUT2D eigenvalue weighted by atomic mass is 10.1. The Labute approximate surface area is 185 Å². The zero-order chi connectivity index (χ0) is 21.5. The van der Waals surface area contributed by atoms with Gasteiger partial charge in [0.15, 0.2) is 15.8 Å². The molecule has 9 heteroatoms. The van der Waals surface area contributed by atoms with Gasteiger partial charge in [-0.05, 0) is 54.6 Å². The first-order valence-electron chi connectivity index (χ1n) is 9.11. The highest BCUT2D eigenvalue weighted by Crippen LogP contribution is 2.38. The fraction of sp³-hybridized carbons (Fsp3) is 0.0455. The number of thioether (sulfide) groups is 1. The first-order chi connectivity index (χ1) is 15.0. The molecule has 0 atom stereocenters. The molecule has 3 aromatic rings. The molecular weight excluding hydrogens is 438 g/mol. The van der Waals surface area contributed by atoms with Crippen molar-refractivity contribution in [2.75, 3.05) is 11.7 Å². The number of ether oxygens (including phenoxy) is 2. The number of carboxylic acid groups (broad SMARTS) is 1. The molecule has 7 nitrogen and oxygen atoms in total. The summed E-state index contributed by atoms with van der Waals surface area (Å²) in [5.74, 6) is 1.16. The lowest BCUT2D eigenvalue weighted by Crippen LogP contribution is -2.27. The molecule has 2 aliphatic rings. The smallest absolute Gasteiger partial charge is 0.335 e. The van der Waals surface area contributed by atoms with Gasteiger partial charge in [0.2, 0.25) is 6.79 Å². The second-order valence-electron chi connectivity index (χ2n) is 6.64. The summed E-state index contributed by atoms with van der Waals surface area (Å²) in [6.07, 6.45) is 1.64. The number of nitrogens with zero attached hydrogens (tertiary/aromatic N) is 1. The van der Waals surface area contributed by atoms with Crippen LogP contribution in [-0.4, -0.2) is 28.1 Å². The summed E-state index contributed by atoms with van der Waals surface area (Å²) in [4.78, 5) is 25.7. The maximum Gasteiger partial charge on any atom is 0.335 e. The molecule has 1 fully saturated rings. The van der Waals surface area contributed by atoms with E-state index < -0.39 is 5.97 Å². The highest BCUT2D eigenvalue weighted by molar-refractivity contribution is 8.27. The van der Waals surface area contributed by atoms with Gasteiger partial charge in [0.05, 0.1) is 16.2 Å². The number of carbonyl (C=O) groups is 2. The summed E-state index contributed by atoms with van der Waals surface area (Å²) >= 11 is 6.52. The van der Waals surface area contributed by atoms with Crippen LogP contribution < -0.4 is 14.4 Å². The standard InChI is InChI=1S/C22H13NO6S2/c24-20-19(31-22(30)23(20)14-4-1-12(2-5-14)21(25)26)10-15-6-8-16(29-15)13-3-7-17-18(9-13)28-11-27-17/h1-10H,11H2,(H,25,26)/b19-10+. The van der Waals surface area contributed by atoms with Crippen molar-refractivity contribution in [1.29, 1.82) is 0 Å². The fourth-order valence-electron chi connectivity index (χ4n) is 3.21. The number of carboxylic acids is 1. The van der Waals surface area contributed by atoms with Gasteiger partial charge in [-0.15, -0.1) is 0 Å². The van der Waals surface area contributed by atoms with Gasteiger partial charge in [-0.3, -0.25) is 9.69 Å². The zero-order valence-corrected chi connectivity index (χ0v) is 17.4. The molecule has 2 aromatic carbocycles. The number of hydrogen-bond donors (Lipinski definition) is 1. The van der Waals surface area contributed by atoms with Crippen LogP contribution in [0.15, 0.2) is 63.9 Å². The van der Waals surface area contributed by atoms with E-state index in [1.165, 1.54) is 17.0 Å². The van der Waals surface area contributed by atoms with Crippen LogP contribution in [0.5, 0.6) is 11.5 Å². The number of hydrogen-bond acceptors (Lipinski definition) is 7. The summed E-state index contributed by atoms with van der Waals surface area (Å²) in [5, 5.41) is 9.04. The van der Waals surface area contributed by atoms with Crippen LogP contribution in [0.2, 0.25) is 0 Å². The van der Waals surface area contributed by atoms with Crippen molar-refractivity contribution >= 4 is 51.9 Å². The molecule has 1 N–H and O–H groups in total. The quantitative estimate of drug-likeness (QED) is 0.448. The van der Waals surface area contributed by atoms with E-state index in [2.05, 4.69) is 0 Å². The summed E-state index contributed by atoms with van der Waals surface area (Å²) in [6.45, 7) is 0.197. The summed E-state index contributed by atoms with van der Waals surface area (Å²) in [7, 11) is 0. The van der Waals surface area contributed by atoms with Gasteiger partial charge in [-0.2, -0.15) is 0 Å². The minimum atomic E-state index is -1.03. The van der Waals surface area contributed by atoms with Crippen LogP contribution in [0.1, 0.15) is 16.1 Å². The number of furan rings is 1. The van der Waals surface area contributed by atoms with E-state index >= 15 is 0 Å². The Kier molecular flexibility index (Phi) is 4.76. The number of aromatic carboxylic acids is 1. The van der Waals surface area contributed by atoms with E-state index in [4.69, 9.17) is 31.2 Å². The van der Waals surface area contributed by atoms with Crippen LogP contribution in [0.3, 0.4) is 0 Å². The number of rotatable bonds is 4. The Morgan fingerprint density at radius 3 is 2.61 bits per heavy atom. The molecule has 1 amide bonds. The summed E-state index contributed by atoms with van der Waals surface area (Å²) in [5.41, 5.74) is 1.47. The van der Waals surface area contributed by atoms with E-state index in [1.807, 2.05) is 24.3 Å². The summed E-state index contributed by atoms with van der Waals surface area (Å²) < 4.78 is 17.0. The van der Waals surface area contributed by atoms with E-state index in [1.54, 1.807) is 24.3 Å². The van der Waals surface area contributed by atoms with E-state index in [9.17, 15) is 9.59 Å². The average Bonchev–Trinajstić information content (AvgIpc) is 3.48. The topological polar surface area (TPSA) is 89.2 Å². The lowest BCUT2D eigenvalue weighted by molar-refractivity contribution is -0.113. The maximum absolute atomic E-state index is 12.9. The zero-order valence-electron chi connectivity index (χ0n) is 15.7. The molecule has 0 unspecified atom stereocenters. The lowest BCUT2D eigenvalue weighted by Gasteiger charge is -2.14. The third kappa shape index (κ3) is 3.58. The van der Waals surface area contributed by atoms with Gasteiger partial charge < -0.3 is 19.0 Å². The molecule has 2 aliphatic heterocycles. The van der Waals surface area contributed by atoms with Crippen LogP contribution >= 0.6 is 24.0 Å². The first kappa shape index (κ1) is 19.4. The minimum absolute atomic E-state index is 0.136. The summed E-state index contributed by atoms with van der Waals surface area (Å²) in [6, 6.07) is 15.1. The highest BCUT2D eigenvalue weighted by atomic mass is 32.2. The Hall–Kier alpha value is -3.56. The van der Waals surface area contributed by atoms with Crippen LogP contribution in [0.4, 0.5) is 5.69 Å². The molecular formula is C22H13NO6S2. The number of benzene rings is 2. The number of amides is 1. The van der Waals surface area contributed by atoms with Crippen molar-refractivity contribution in [3.8, 4) is 22.8 Å². The third-order valence-electron chi connectivity index (χ3n) is 4.72. The number of thiocarbonyl (C=S) groups is 1. The van der Waals surface area contributed by atoms with E-state index in [0.29, 0.717) is 37.9 Å². The van der Waals surface area contributed by atoms with Crippen molar-refractivity contribution in [3.05, 3.63) is 70.8 Å². The number of anilines is 1.